The highest BCUT2D eigenvalue weighted by Gasteiger charge is 2.31. The molecule has 1 aliphatic heterocycles. The number of aromatic nitrogens is 4. The quantitative estimate of drug-likeness (QED) is 0.417. The number of hydrogen-bond donors (Lipinski definition) is 1. The van der Waals surface area contributed by atoms with Crippen molar-refractivity contribution in [3.05, 3.63) is 59.4 Å². The van der Waals surface area contributed by atoms with E-state index in [1.807, 2.05) is 16.8 Å². The van der Waals surface area contributed by atoms with Crippen molar-refractivity contribution in [1.82, 2.24) is 20.2 Å². The zero-order valence-electron chi connectivity index (χ0n) is 20.5. The summed E-state index contributed by atoms with van der Waals surface area (Å²) < 4.78 is 18.6. The van der Waals surface area contributed by atoms with Gasteiger partial charge in [-0.3, -0.25) is 0 Å². The molecule has 1 atom stereocenters. The number of anilines is 2. The Balaban J connectivity index is 1.41. The number of benzene rings is 2. The summed E-state index contributed by atoms with van der Waals surface area (Å²) in [4.78, 5) is 2.39. The van der Waals surface area contributed by atoms with Gasteiger partial charge in [-0.2, -0.15) is 0 Å². The molecule has 3 aromatic rings. The van der Waals surface area contributed by atoms with Gasteiger partial charge in [-0.15, -0.1) is 5.10 Å². The molecular formula is C26H34N6O3. The Morgan fingerprint density at radius 2 is 1.97 bits per heavy atom. The van der Waals surface area contributed by atoms with Crippen LogP contribution in [-0.4, -0.2) is 66.8 Å². The molecule has 1 aromatic heterocycles. The minimum absolute atomic E-state index is 0.207. The molecule has 35 heavy (non-hydrogen) atoms. The van der Waals surface area contributed by atoms with Crippen LogP contribution in [0.25, 0.3) is 0 Å². The second kappa shape index (κ2) is 11.0. The van der Waals surface area contributed by atoms with Crippen LogP contribution in [0, 0.1) is 6.92 Å². The molecule has 0 amide bonds. The van der Waals surface area contributed by atoms with Crippen LogP contribution in [-0.2, 0) is 9.47 Å². The first-order valence-corrected chi connectivity index (χ1v) is 12.4. The van der Waals surface area contributed by atoms with E-state index in [9.17, 15) is 0 Å². The normalized spacial score (nSPS) is 16.8. The highest BCUT2D eigenvalue weighted by atomic mass is 16.5. The van der Waals surface area contributed by atoms with Gasteiger partial charge >= 0.3 is 0 Å². The van der Waals surface area contributed by atoms with Gasteiger partial charge in [0, 0.05) is 44.6 Å². The third kappa shape index (κ3) is 5.74. The van der Waals surface area contributed by atoms with Crippen molar-refractivity contribution in [1.29, 1.82) is 0 Å². The van der Waals surface area contributed by atoms with E-state index in [1.54, 1.807) is 7.11 Å². The largest absolute Gasteiger partial charge is 0.493 e. The van der Waals surface area contributed by atoms with Gasteiger partial charge in [0.2, 0.25) is 0 Å². The van der Waals surface area contributed by atoms with Crippen molar-refractivity contribution < 1.29 is 14.2 Å². The highest BCUT2D eigenvalue weighted by molar-refractivity contribution is 5.62. The average Bonchev–Trinajstić information content (AvgIpc) is 3.62. The summed E-state index contributed by atoms with van der Waals surface area (Å²) in [6, 6.07) is 14.9. The fraction of sp³-hybridized carbons (Fsp3) is 0.500. The average molecular weight is 479 g/mol. The molecule has 9 nitrogen and oxygen atoms in total. The molecule has 1 unspecified atom stereocenters. The first-order chi connectivity index (χ1) is 17.2. The maximum absolute atomic E-state index is 5.98. The molecule has 9 heteroatoms. The van der Waals surface area contributed by atoms with Crippen LogP contribution in [0.5, 0.6) is 5.75 Å². The standard InChI is InChI=1S/C26H34N6O3/c1-19-17-21(7-10-24(19)31-11-15-34-16-12-31)27-25(26-28-29-30-32(26)22-8-9-22)20-5-3-6-23(18-20)35-14-4-13-33-2/h3,5-7,10,17-18,22,25,27H,4,8-9,11-16H2,1-2H3. The van der Waals surface area contributed by atoms with Crippen LogP contribution >= 0.6 is 0 Å². The Hall–Kier alpha value is -3.17. The monoisotopic (exact) mass is 478 g/mol. The number of rotatable bonds is 11. The molecule has 1 saturated carbocycles. The first kappa shape index (κ1) is 23.6. The lowest BCUT2D eigenvalue weighted by Crippen LogP contribution is -2.36. The first-order valence-electron chi connectivity index (χ1n) is 12.4. The van der Waals surface area contributed by atoms with Crippen molar-refractivity contribution in [3.8, 4) is 5.75 Å². The third-order valence-electron chi connectivity index (χ3n) is 6.48. The van der Waals surface area contributed by atoms with Crippen molar-refractivity contribution in [2.75, 3.05) is 56.8 Å². The van der Waals surface area contributed by atoms with Crippen LogP contribution < -0.4 is 15.0 Å². The van der Waals surface area contributed by atoms with E-state index in [-0.39, 0.29) is 6.04 Å². The predicted molar refractivity (Wildman–Crippen MR) is 134 cm³/mol. The van der Waals surface area contributed by atoms with Crippen LogP contribution in [0.1, 0.15) is 48.3 Å². The summed E-state index contributed by atoms with van der Waals surface area (Å²) in [6.45, 7) is 6.84. The van der Waals surface area contributed by atoms with E-state index >= 15 is 0 Å². The lowest BCUT2D eigenvalue weighted by Gasteiger charge is -2.30. The molecule has 0 radical (unpaired) electrons. The maximum atomic E-state index is 5.98. The van der Waals surface area contributed by atoms with Gasteiger partial charge < -0.3 is 24.4 Å². The van der Waals surface area contributed by atoms with Crippen molar-refractivity contribution in [2.45, 2.75) is 38.3 Å². The van der Waals surface area contributed by atoms with Gasteiger partial charge in [0.15, 0.2) is 5.82 Å². The molecule has 1 saturated heterocycles. The van der Waals surface area contributed by atoms with Crippen LogP contribution in [0.2, 0.25) is 0 Å². The van der Waals surface area contributed by atoms with Crippen molar-refractivity contribution in [3.63, 3.8) is 0 Å². The molecule has 0 spiro atoms. The van der Waals surface area contributed by atoms with Gasteiger partial charge in [-0.25, -0.2) is 4.68 Å². The number of tetrazole rings is 1. The second-order valence-corrected chi connectivity index (χ2v) is 9.16. The minimum atomic E-state index is -0.207. The maximum Gasteiger partial charge on any atom is 0.178 e. The minimum Gasteiger partial charge on any atom is -0.493 e. The van der Waals surface area contributed by atoms with Gasteiger partial charge in [-0.1, -0.05) is 12.1 Å². The molecule has 0 bridgehead atoms. The number of nitrogens with one attached hydrogen (secondary N) is 1. The van der Waals surface area contributed by atoms with E-state index in [1.165, 1.54) is 11.3 Å². The Morgan fingerprint density at radius 1 is 1.11 bits per heavy atom. The summed E-state index contributed by atoms with van der Waals surface area (Å²) in [5, 5.41) is 16.5. The van der Waals surface area contributed by atoms with E-state index in [4.69, 9.17) is 14.2 Å². The Labute approximate surface area is 206 Å². The van der Waals surface area contributed by atoms with E-state index in [2.05, 4.69) is 63.0 Å². The summed E-state index contributed by atoms with van der Waals surface area (Å²) >= 11 is 0. The molecule has 2 fully saturated rings. The van der Waals surface area contributed by atoms with Crippen LogP contribution in [0.4, 0.5) is 11.4 Å². The molecule has 2 aliphatic rings. The number of hydrogen-bond acceptors (Lipinski definition) is 8. The second-order valence-electron chi connectivity index (χ2n) is 9.16. The lowest BCUT2D eigenvalue weighted by atomic mass is 10.0. The number of methoxy groups -OCH3 is 1. The van der Waals surface area contributed by atoms with E-state index in [0.29, 0.717) is 19.3 Å². The lowest BCUT2D eigenvalue weighted by molar-refractivity contribution is 0.122. The number of nitrogens with zero attached hydrogens (tertiary/aromatic N) is 5. The van der Waals surface area contributed by atoms with E-state index in [0.717, 1.165) is 68.4 Å². The van der Waals surface area contributed by atoms with Crippen molar-refractivity contribution >= 4 is 11.4 Å². The summed E-state index contributed by atoms with van der Waals surface area (Å²) in [5.74, 6) is 1.65. The van der Waals surface area contributed by atoms with Gasteiger partial charge in [0.25, 0.3) is 0 Å². The zero-order chi connectivity index (χ0) is 24.0. The number of morpholine rings is 1. The molecular weight excluding hydrogens is 444 g/mol. The SMILES string of the molecule is COCCCOc1cccc(C(Nc2ccc(N3CCOCC3)c(C)c2)c2nnnn2C2CC2)c1. The Bertz CT molecular complexity index is 1110. The predicted octanol–water partition coefficient (Wildman–Crippen LogP) is 3.77. The summed E-state index contributed by atoms with van der Waals surface area (Å²) in [6.07, 6.45) is 3.07. The zero-order valence-corrected chi connectivity index (χ0v) is 20.5. The topological polar surface area (TPSA) is 86.6 Å². The van der Waals surface area contributed by atoms with E-state index < -0.39 is 0 Å². The molecule has 5 rings (SSSR count). The fourth-order valence-electron chi connectivity index (χ4n) is 4.51. The fourth-order valence-corrected chi connectivity index (χ4v) is 4.51. The Kier molecular flexibility index (Phi) is 7.44. The third-order valence-corrected chi connectivity index (χ3v) is 6.48. The molecule has 1 N–H and O–H groups in total. The molecule has 186 valence electrons. The highest BCUT2D eigenvalue weighted by Crippen LogP contribution is 2.38. The van der Waals surface area contributed by atoms with Gasteiger partial charge in [0.1, 0.15) is 11.8 Å². The molecule has 2 aromatic carbocycles. The Morgan fingerprint density at radius 3 is 2.74 bits per heavy atom. The molecule has 2 heterocycles. The number of ether oxygens (including phenoxy) is 3. The summed E-state index contributed by atoms with van der Waals surface area (Å²) in [5.41, 5.74) is 4.57. The van der Waals surface area contributed by atoms with Gasteiger partial charge in [0.05, 0.1) is 25.9 Å². The van der Waals surface area contributed by atoms with Gasteiger partial charge in [-0.05, 0) is 71.7 Å². The van der Waals surface area contributed by atoms with Crippen LogP contribution in [0.15, 0.2) is 42.5 Å². The summed E-state index contributed by atoms with van der Waals surface area (Å²) in [7, 11) is 1.70. The van der Waals surface area contributed by atoms with Crippen LogP contribution in [0.3, 0.4) is 0 Å². The number of aryl methyl sites for hydroxylation is 1. The smallest absolute Gasteiger partial charge is 0.178 e. The molecule has 1 aliphatic carbocycles. The van der Waals surface area contributed by atoms with Crippen molar-refractivity contribution in [2.24, 2.45) is 0 Å².